The molecule has 1 amide bonds. The summed E-state index contributed by atoms with van der Waals surface area (Å²) in [5.74, 6) is 0.279. The van der Waals surface area contributed by atoms with Gasteiger partial charge in [0.25, 0.3) is 5.56 Å². The van der Waals surface area contributed by atoms with Gasteiger partial charge in [-0.1, -0.05) is 6.58 Å². The van der Waals surface area contributed by atoms with E-state index in [9.17, 15) is 14.0 Å². The van der Waals surface area contributed by atoms with E-state index in [-0.39, 0.29) is 23.6 Å². The molecule has 0 saturated carbocycles. The summed E-state index contributed by atoms with van der Waals surface area (Å²) in [5.41, 5.74) is 7.26. The summed E-state index contributed by atoms with van der Waals surface area (Å²) in [6.45, 7) is 4.59. The molecule has 178 valence electrons. The van der Waals surface area contributed by atoms with Crippen LogP contribution in [0.3, 0.4) is 0 Å². The van der Waals surface area contributed by atoms with Crippen LogP contribution in [0.2, 0.25) is 0 Å². The first-order valence-electron chi connectivity index (χ1n) is 11.0. The zero-order valence-electron chi connectivity index (χ0n) is 18.6. The molecule has 1 fully saturated rings. The van der Waals surface area contributed by atoms with Crippen LogP contribution < -0.4 is 16.0 Å². The molecule has 1 aliphatic heterocycles. The highest BCUT2D eigenvalue weighted by molar-refractivity contribution is 5.99. The minimum Gasteiger partial charge on any atom is -0.439 e. The van der Waals surface area contributed by atoms with Gasteiger partial charge in [0.05, 0.1) is 17.6 Å². The van der Waals surface area contributed by atoms with Gasteiger partial charge in [-0.15, -0.1) is 0 Å². The first kappa shape index (κ1) is 22.3. The molecule has 4 heterocycles. The minimum atomic E-state index is -0.453. The average Bonchev–Trinajstić information content (AvgIpc) is 3.30. The number of nitrogen functional groups attached to an aromatic ring is 1. The number of H-pyrrole nitrogens is 1. The van der Waals surface area contributed by atoms with E-state index in [1.54, 1.807) is 33.8 Å². The van der Waals surface area contributed by atoms with E-state index in [1.807, 2.05) is 0 Å². The van der Waals surface area contributed by atoms with Crippen molar-refractivity contribution in [2.75, 3.05) is 18.8 Å². The van der Waals surface area contributed by atoms with Crippen LogP contribution in [0.15, 0.2) is 60.0 Å². The molecule has 0 aliphatic carbocycles. The molecule has 4 aromatic rings. The largest absolute Gasteiger partial charge is 0.439 e. The smallest absolute Gasteiger partial charge is 0.290 e. The van der Waals surface area contributed by atoms with Crippen molar-refractivity contribution in [1.82, 2.24) is 29.9 Å². The number of ether oxygens (including phenoxy) is 1. The maximum atomic E-state index is 13.1. The third-order valence-corrected chi connectivity index (χ3v) is 5.94. The van der Waals surface area contributed by atoms with E-state index in [2.05, 4.69) is 21.8 Å². The number of halogens is 1. The second-order valence-electron chi connectivity index (χ2n) is 8.18. The molecule has 3 N–H and O–H groups in total. The number of carbonyl (C=O) groups excluding carboxylic acids is 1. The van der Waals surface area contributed by atoms with Gasteiger partial charge in [0.15, 0.2) is 5.82 Å². The highest BCUT2D eigenvalue weighted by Gasteiger charge is 2.28. The van der Waals surface area contributed by atoms with Crippen molar-refractivity contribution in [3.05, 3.63) is 71.4 Å². The fraction of sp³-hybridized carbons (Fsp3) is 0.208. The van der Waals surface area contributed by atoms with Crippen LogP contribution in [-0.4, -0.2) is 48.9 Å². The molecule has 0 radical (unpaired) electrons. The molecule has 11 heteroatoms. The Kier molecular flexibility index (Phi) is 5.73. The number of aromatic amines is 1. The molecule has 5 rings (SSSR count). The number of likely N-dealkylation sites (tertiary alicyclic amines) is 1. The van der Waals surface area contributed by atoms with E-state index in [0.29, 0.717) is 41.0 Å². The SMILES string of the molecule is C=CC(=O)N1CCC[C@@H](n2nc(-c3ccc(Oc4ccc(F)cn4)cc3)c3c(N)n[nH]c(=O)c32)C1. The summed E-state index contributed by atoms with van der Waals surface area (Å²) >= 11 is 0. The molecule has 10 nitrogen and oxygen atoms in total. The number of rotatable bonds is 5. The molecule has 35 heavy (non-hydrogen) atoms. The summed E-state index contributed by atoms with van der Waals surface area (Å²) in [6.07, 6.45) is 3.87. The summed E-state index contributed by atoms with van der Waals surface area (Å²) in [6, 6.07) is 9.47. The van der Waals surface area contributed by atoms with Crippen LogP contribution in [0.1, 0.15) is 18.9 Å². The minimum absolute atomic E-state index is 0.145. The highest BCUT2D eigenvalue weighted by atomic mass is 19.1. The van der Waals surface area contributed by atoms with E-state index in [0.717, 1.165) is 19.0 Å². The molecular formula is C24H22FN7O3. The number of hydrogen-bond donors (Lipinski definition) is 2. The quantitative estimate of drug-likeness (QED) is 0.424. The number of hydrogen-bond acceptors (Lipinski definition) is 7. The first-order valence-corrected chi connectivity index (χ1v) is 11.0. The number of carbonyl (C=O) groups is 1. The molecule has 0 unspecified atom stereocenters. The number of fused-ring (bicyclic) bond motifs is 1. The van der Waals surface area contributed by atoms with Gasteiger partial charge >= 0.3 is 0 Å². The normalized spacial score (nSPS) is 15.8. The third kappa shape index (κ3) is 4.23. The molecule has 1 atom stereocenters. The maximum absolute atomic E-state index is 13.1. The van der Waals surface area contributed by atoms with Gasteiger partial charge in [0, 0.05) is 24.7 Å². The summed E-state index contributed by atoms with van der Waals surface area (Å²) in [7, 11) is 0. The van der Waals surface area contributed by atoms with Crippen LogP contribution in [0.5, 0.6) is 11.6 Å². The summed E-state index contributed by atoms with van der Waals surface area (Å²) in [4.78, 5) is 30.6. The lowest BCUT2D eigenvalue weighted by Gasteiger charge is -2.32. The fourth-order valence-electron chi connectivity index (χ4n) is 4.29. The lowest BCUT2D eigenvalue weighted by molar-refractivity contribution is -0.127. The maximum Gasteiger partial charge on any atom is 0.290 e. The Hall–Kier alpha value is -4.54. The average molecular weight is 475 g/mol. The molecule has 1 aliphatic rings. The van der Waals surface area contributed by atoms with Gasteiger partial charge in [-0.3, -0.25) is 14.3 Å². The number of nitrogens with one attached hydrogen (secondary N) is 1. The lowest BCUT2D eigenvalue weighted by atomic mass is 10.1. The van der Waals surface area contributed by atoms with Gasteiger partial charge in [-0.2, -0.15) is 10.2 Å². The fourth-order valence-corrected chi connectivity index (χ4v) is 4.29. The number of aromatic nitrogens is 5. The van der Waals surface area contributed by atoms with E-state index in [1.165, 1.54) is 18.2 Å². The Morgan fingerprint density at radius 3 is 2.77 bits per heavy atom. The van der Waals surface area contributed by atoms with Gasteiger partial charge in [0.2, 0.25) is 11.8 Å². The number of amides is 1. The Morgan fingerprint density at radius 1 is 1.26 bits per heavy atom. The molecule has 3 aromatic heterocycles. The number of pyridine rings is 1. The lowest BCUT2D eigenvalue weighted by Crippen LogP contribution is -2.40. The topological polar surface area (TPSA) is 132 Å². The molecular weight excluding hydrogens is 453 g/mol. The molecule has 1 aromatic carbocycles. The van der Waals surface area contributed by atoms with Crippen LogP contribution in [0.4, 0.5) is 10.2 Å². The molecule has 0 bridgehead atoms. The van der Waals surface area contributed by atoms with Crippen molar-refractivity contribution in [1.29, 1.82) is 0 Å². The Balaban J connectivity index is 1.53. The van der Waals surface area contributed by atoms with Crippen LogP contribution in [0, 0.1) is 5.82 Å². The van der Waals surface area contributed by atoms with Gasteiger partial charge < -0.3 is 15.4 Å². The van der Waals surface area contributed by atoms with Crippen molar-refractivity contribution in [3.8, 4) is 22.9 Å². The predicted molar refractivity (Wildman–Crippen MR) is 127 cm³/mol. The second-order valence-corrected chi connectivity index (χ2v) is 8.18. The van der Waals surface area contributed by atoms with Gasteiger partial charge in [-0.05, 0) is 49.2 Å². The number of piperidine rings is 1. The Labute approximate surface area is 198 Å². The van der Waals surface area contributed by atoms with Crippen LogP contribution in [0.25, 0.3) is 22.2 Å². The zero-order chi connectivity index (χ0) is 24.5. The third-order valence-electron chi connectivity index (χ3n) is 5.94. The summed E-state index contributed by atoms with van der Waals surface area (Å²) in [5, 5.41) is 11.6. The van der Waals surface area contributed by atoms with Crippen molar-refractivity contribution < 1.29 is 13.9 Å². The highest BCUT2D eigenvalue weighted by Crippen LogP contribution is 2.34. The number of nitrogens with zero attached hydrogens (tertiary/aromatic N) is 5. The van der Waals surface area contributed by atoms with Crippen molar-refractivity contribution in [2.45, 2.75) is 18.9 Å². The van der Waals surface area contributed by atoms with Crippen molar-refractivity contribution in [3.63, 3.8) is 0 Å². The van der Waals surface area contributed by atoms with E-state index in [4.69, 9.17) is 15.6 Å². The van der Waals surface area contributed by atoms with Gasteiger partial charge in [-0.25, -0.2) is 14.5 Å². The number of anilines is 1. The Bertz CT molecular complexity index is 1460. The van der Waals surface area contributed by atoms with Crippen molar-refractivity contribution in [2.24, 2.45) is 0 Å². The molecule has 0 spiro atoms. The van der Waals surface area contributed by atoms with Crippen molar-refractivity contribution >= 4 is 22.6 Å². The summed E-state index contributed by atoms with van der Waals surface area (Å²) < 4.78 is 20.4. The van der Waals surface area contributed by atoms with E-state index >= 15 is 0 Å². The number of nitrogens with two attached hydrogens (primary N) is 1. The standard InChI is InChI=1S/C24H22FN7O3/c1-2-19(33)31-11-3-4-16(13-31)32-22-20(23(26)28-29-24(22)34)21(30-32)14-5-8-17(9-6-14)35-18-10-7-15(25)12-27-18/h2,5-10,12,16H,1,3-4,11,13H2,(H2,26,28)(H,29,34)/t16-/m1/s1. The van der Waals surface area contributed by atoms with Gasteiger partial charge in [0.1, 0.15) is 22.8 Å². The van der Waals surface area contributed by atoms with Crippen LogP contribution >= 0.6 is 0 Å². The molecule has 1 saturated heterocycles. The second kappa shape index (κ2) is 9.01. The first-order chi connectivity index (χ1) is 16.9. The monoisotopic (exact) mass is 475 g/mol. The number of benzene rings is 1. The Morgan fingerprint density at radius 2 is 2.06 bits per heavy atom. The van der Waals surface area contributed by atoms with E-state index < -0.39 is 11.4 Å². The predicted octanol–water partition coefficient (Wildman–Crippen LogP) is 3.04. The van der Waals surface area contributed by atoms with Crippen LogP contribution in [-0.2, 0) is 4.79 Å². The zero-order valence-corrected chi connectivity index (χ0v) is 18.6.